The number of hydrogen-bond acceptors (Lipinski definition) is 2. The van der Waals surface area contributed by atoms with Crippen molar-refractivity contribution in [3.05, 3.63) is 18.0 Å². The summed E-state index contributed by atoms with van der Waals surface area (Å²) in [7, 11) is 1.88. The zero-order valence-corrected chi connectivity index (χ0v) is 8.53. The molecule has 1 aliphatic rings. The van der Waals surface area contributed by atoms with E-state index in [1.54, 1.807) is 10.9 Å². The van der Waals surface area contributed by atoms with Gasteiger partial charge in [-0.25, -0.2) is 0 Å². The second kappa shape index (κ2) is 3.82. The Morgan fingerprint density at radius 1 is 1.36 bits per heavy atom. The number of likely N-dealkylation sites (tertiary alicyclic amines) is 1. The maximum Gasteiger partial charge on any atom is 0.131 e. The summed E-state index contributed by atoms with van der Waals surface area (Å²) in [6.45, 7) is 2.04. The molecule has 0 spiro atoms. The normalized spacial score (nSPS) is 17.1. The lowest BCUT2D eigenvalue weighted by Gasteiger charge is -2.28. The molecule has 1 saturated heterocycles. The fourth-order valence-corrected chi connectivity index (χ4v) is 1.84. The zero-order valence-electron chi connectivity index (χ0n) is 8.53. The van der Waals surface area contributed by atoms with Crippen molar-refractivity contribution in [2.45, 2.75) is 19.3 Å². The van der Waals surface area contributed by atoms with Crippen LogP contribution in [0.1, 0.15) is 24.8 Å². The summed E-state index contributed by atoms with van der Waals surface area (Å²) in [6.07, 6.45) is 7.38. The van der Waals surface area contributed by atoms with E-state index in [9.17, 15) is 0 Å². The van der Waals surface area contributed by atoms with E-state index < -0.39 is 0 Å². The predicted octanol–water partition coefficient (Wildman–Crippen LogP) is 1.23. The molecule has 0 amide bonds. The Balaban J connectivity index is 2.07. The van der Waals surface area contributed by atoms with E-state index in [4.69, 9.17) is 5.41 Å². The molecule has 0 bridgehead atoms. The van der Waals surface area contributed by atoms with Crippen LogP contribution in [0.3, 0.4) is 0 Å². The third-order valence-corrected chi connectivity index (χ3v) is 2.65. The summed E-state index contributed by atoms with van der Waals surface area (Å²) in [6, 6.07) is 0. The van der Waals surface area contributed by atoms with Crippen molar-refractivity contribution in [2.75, 3.05) is 13.1 Å². The Morgan fingerprint density at radius 3 is 2.64 bits per heavy atom. The van der Waals surface area contributed by atoms with Crippen LogP contribution < -0.4 is 0 Å². The highest BCUT2D eigenvalue weighted by Gasteiger charge is 2.15. The minimum atomic E-state index is 0.623. The lowest BCUT2D eigenvalue weighted by Crippen LogP contribution is -2.35. The lowest BCUT2D eigenvalue weighted by molar-refractivity contribution is 0.341. The minimum Gasteiger partial charge on any atom is -0.357 e. The van der Waals surface area contributed by atoms with Crippen LogP contribution >= 0.6 is 0 Å². The van der Waals surface area contributed by atoms with Crippen molar-refractivity contribution < 1.29 is 0 Å². The molecule has 4 heteroatoms. The van der Waals surface area contributed by atoms with Crippen LogP contribution in [0.2, 0.25) is 0 Å². The standard InChI is InChI=1S/C10H16N4/c1-13-8-9(7-12-13)10(11)14-5-3-2-4-6-14/h7-8,11H,2-6H2,1H3. The average Bonchev–Trinajstić information content (AvgIpc) is 2.65. The molecule has 1 fully saturated rings. The molecule has 76 valence electrons. The van der Waals surface area contributed by atoms with Crippen LogP contribution in [-0.2, 0) is 7.05 Å². The van der Waals surface area contributed by atoms with Gasteiger partial charge >= 0.3 is 0 Å². The molecule has 0 saturated carbocycles. The Kier molecular flexibility index (Phi) is 2.52. The predicted molar refractivity (Wildman–Crippen MR) is 55.5 cm³/mol. The van der Waals surface area contributed by atoms with Crippen molar-refractivity contribution in [1.82, 2.24) is 14.7 Å². The average molecular weight is 192 g/mol. The minimum absolute atomic E-state index is 0.623. The van der Waals surface area contributed by atoms with Gasteiger partial charge in [0.2, 0.25) is 0 Å². The lowest BCUT2D eigenvalue weighted by atomic mass is 10.1. The van der Waals surface area contributed by atoms with E-state index >= 15 is 0 Å². The first-order valence-electron chi connectivity index (χ1n) is 5.10. The molecule has 0 unspecified atom stereocenters. The number of hydrogen-bond donors (Lipinski definition) is 1. The maximum atomic E-state index is 8.01. The molecule has 1 aromatic rings. The molecular weight excluding hydrogens is 176 g/mol. The van der Waals surface area contributed by atoms with Gasteiger partial charge in [0.05, 0.1) is 11.8 Å². The molecule has 1 aromatic heterocycles. The van der Waals surface area contributed by atoms with Crippen LogP contribution in [-0.4, -0.2) is 33.6 Å². The molecule has 2 heterocycles. The number of amidine groups is 1. The molecule has 14 heavy (non-hydrogen) atoms. The topological polar surface area (TPSA) is 44.9 Å². The van der Waals surface area contributed by atoms with E-state index in [0.29, 0.717) is 5.84 Å². The SMILES string of the molecule is Cn1cc(C(=N)N2CCCCC2)cn1. The van der Waals surface area contributed by atoms with Crippen LogP contribution in [0.5, 0.6) is 0 Å². The fourth-order valence-electron chi connectivity index (χ4n) is 1.84. The van der Waals surface area contributed by atoms with Crippen molar-refractivity contribution in [3.8, 4) is 0 Å². The summed E-state index contributed by atoms with van der Waals surface area (Å²) in [4.78, 5) is 2.14. The van der Waals surface area contributed by atoms with Gasteiger partial charge in [-0.3, -0.25) is 10.1 Å². The number of rotatable bonds is 1. The highest BCUT2D eigenvalue weighted by atomic mass is 15.3. The molecule has 4 nitrogen and oxygen atoms in total. The van der Waals surface area contributed by atoms with Gasteiger partial charge in [-0.15, -0.1) is 0 Å². The molecule has 1 aliphatic heterocycles. The molecule has 0 aromatic carbocycles. The quantitative estimate of drug-likeness (QED) is 0.537. The summed E-state index contributed by atoms with van der Waals surface area (Å²) in [5, 5.41) is 12.1. The van der Waals surface area contributed by atoms with E-state index in [-0.39, 0.29) is 0 Å². The van der Waals surface area contributed by atoms with E-state index in [1.165, 1.54) is 19.3 Å². The number of piperidine rings is 1. The van der Waals surface area contributed by atoms with Gasteiger partial charge in [-0.2, -0.15) is 5.10 Å². The Hall–Kier alpha value is -1.32. The first kappa shape index (κ1) is 9.24. The van der Waals surface area contributed by atoms with Gasteiger partial charge in [0.15, 0.2) is 0 Å². The van der Waals surface area contributed by atoms with E-state index in [0.717, 1.165) is 18.7 Å². The Labute approximate surface area is 84.0 Å². The summed E-state index contributed by atoms with van der Waals surface area (Å²) in [5.74, 6) is 0.623. The van der Waals surface area contributed by atoms with Gasteiger partial charge in [0.25, 0.3) is 0 Å². The summed E-state index contributed by atoms with van der Waals surface area (Å²) in [5.41, 5.74) is 0.925. The van der Waals surface area contributed by atoms with E-state index in [1.807, 2.05) is 13.2 Å². The van der Waals surface area contributed by atoms with Crippen molar-refractivity contribution in [3.63, 3.8) is 0 Å². The monoisotopic (exact) mass is 192 g/mol. The zero-order chi connectivity index (χ0) is 9.97. The third-order valence-electron chi connectivity index (χ3n) is 2.65. The van der Waals surface area contributed by atoms with Crippen LogP contribution in [0, 0.1) is 5.41 Å². The highest BCUT2D eigenvalue weighted by Crippen LogP contribution is 2.12. The Morgan fingerprint density at radius 2 is 2.07 bits per heavy atom. The molecule has 0 aliphatic carbocycles. The number of nitrogens with zero attached hydrogens (tertiary/aromatic N) is 3. The smallest absolute Gasteiger partial charge is 0.131 e. The summed E-state index contributed by atoms with van der Waals surface area (Å²) < 4.78 is 1.74. The van der Waals surface area contributed by atoms with Crippen molar-refractivity contribution in [2.24, 2.45) is 7.05 Å². The first-order chi connectivity index (χ1) is 6.77. The van der Waals surface area contributed by atoms with Gasteiger partial charge < -0.3 is 4.90 Å². The van der Waals surface area contributed by atoms with Crippen molar-refractivity contribution in [1.29, 1.82) is 5.41 Å². The van der Waals surface area contributed by atoms with E-state index in [2.05, 4.69) is 10.00 Å². The largest absolute Gasteiger partial charge is 0.357 e. The molecule has 0 atom stereocenters. The van der Waals surface area contributed by atoms with Gasteiger partial charge in [0.1, 0.15) is 5.84 Å². The van der Waals surface area contributed by atoms with Gasteiger partial charge in [-0.05, 0) is 19.3 Å². The molecule has 2 rings (SSSR count). The van der Waals surface area contributed by atoms with Gasteiger partial charge in [-0.1, -0.05) is 0 Å². The second-order valence-electron chi connectivity index (χ2n) is 3.80. The van der Waals surface area contributed by atoms with Crippen LogP contribution in [0.4, 0.5) is 0 Å². The van der Waals surface area contributed by atoms with Crippen LogP contribution in [0.15, 0.2) is 12.4 Å². The van der Waals surface area contributed by atoms with Gasteiger partial charge in [0, 0.05) is 26.3 Å². The number of aromatic nitrogens is 2. The summed E-state index contributed by atoms with van der Waals surface area (Å²) >= 11 is 0. The van der Waals surface area contributed by atoms with Crippen LogP contribution in [0.25, 0.3) is 0 Å². The maximum absolute atomic E-state index is 8.01. The molecule has 0 radical (unpaired) electrons. The molecular formula is C10H16N4. The number of nitrogens with one attached hydrogen (secondary N) is 1. The highest BCUT2D eigenvalue weighted by molar-refractivity contribution is 5.95. The van der Waals surface area contributed by atoms with Crippen molar-refractivity contribution >= 4 is 5.84 Å². The third kappa shape index (κ3) is 1.78. The Bertz CT molecular complexity index is 323. The second-order valence-corrected chi connectivity index (χ2v) is 3.80. The fraction of sp³-hybridized carbons (Fsp3) is 0.600. The first-order valence-corrected chi connectivity index (χ1v) is 5.10. The number of aryl methyl sites for hydroxylation is 1. The molecule has 1 N–H and O–H groups in total.